The number of hydrogen-bond acceptors (Lipinski definition) is 6. The zero-order valence-corrected chi connectivity index (χ0v) is 20.8. The molecule has 1 atom stereocenters. The van der Waals surface area contributed by atoms with Gasteiger partial charge < -0.3 is 15.0 Å². The number of anilines is 1. The summed E-state index contributed by atoms with van der Waals surface area (Å²) in [4.78, 5) is 38.6. The number of carbonyl (C=O) groups is 3. The quantitative estimate of drug-likeness (QED) is 0.661. The summed E-state index contributed by atoms with van der Waals surface area (Å²) in [5, 5.41) is 8.37. The van der Waals surface area contributed by atoms with Crippen LogP contribution in [0, 0.1) is 20.8 Å². The maximum absolute atomic E-state index is 14.0. The lowest BCUT2D eigenvalue weighted by Gasteiger charge is -2.29. The number of hydrazone groups is 1. The maximum atomic E-state index is 14.0. The van der Waals surface area contributed by atoms with Crippen LogP contribution in [0.3, 0.4) is 0 Å². The molecule has 0 saturated heterocycles. The van der Waals surface area contributed by atoms with Crippen molar-refractivity contribution in [3.8, 4) is 5.75 Å². The molecule has 0 saturated carbocycles. The fourth-order valence-corrected chi connectivity index (χ4v) is 5.71. The zero-order valence-electron chi connectivity index (χ0n) is 20.0. The lowest BCUT2D eigenvalue weighted by Crippen LogP contribution is -2.48. The molecule has 3 amide bonds. The van der Waals surface area contributed by atoms with Gasteiger partial charge in [0.15, 0.2) is 5.17 Å². The number of hydrogen-bond donors (Lipinski definition) is 1. The fourth-order valence-electron chi connectivity index (χ4n) is 4.40. The van der Waals surface area contributed by atoms with Crippen LogP contribution in [0.15, 0.2) is 41.5 Å². The van der Waals surface area contributed by atoms with E-state index in [-0.39, 0.29) is 22.9 Å². The van der Waals surface area contributed by atoms with E-state index in [4.69, 9.17) is 4.74 Å². The Balaban J connectivity index is 1.63. The van der Waals surface area contributed by atoms with Gasteiger partial charge in [0.25, 0.3) is 5.91 Å². The topological polar surface area (TPSA) is 91.3 Å². The molecule has 2 aliphatic rings. The monoisotopic (exact) mass is 480 g/mol. The van der Waals surface area contributed by atoms with E-state index in [1.54, 1.807) is 4.90 Å². The minimum atomic E-state index is -1.38. The smallest absolute Gasteiger partial charge is 0.270 e. The highest BCUT2D eigenvalue weighted by Gasteiger charge is 2.61. The van der Waals surface area contributed by atoms with Crippen molar-refractivity contribution in [1.29, 1.82) is 0 Å². The molecule has 2 heterocycles. The van der Waals surface area contributed by atoms with Gasteiger partial charge in [-0.1, -0.05) is 35.4 Å². The minimum Gasteiger partial charge on any atom is -0.494 e. The molecule has 0 aromatic heterocycles. The van der Waals surface area contributed by atoms with Crippen LogP contribution in [0.2, 0.25) is 0 Å². The van der Waals surface area contributed by atoms with Crippen molar-refractivity contribution >= 4 is 40.3 Å². The molecule has 0 aliphatic carbocycles. The Labute approximate surface area is 203 Å². The van der Waals surface area contributed by atoms with Crippen LogP contribution in [-0.2, 0) is 19.3 Å². The zero-order chi connectivity index (χ0) is 24.6. The molecule has 2 aliphatic heterocycles. The highest BCUT2D eigenvalue weighted by Crippen LogP contribution is 2.55. The summed E-state index contributed by atoms with van der Waals surface area (Å²) in [6.07, 6.45) is 0.604. The van der Waals surface area contributed by atoms with Gasteiger partial charge in [-0.3, -0.25) is 14.4 Å². The number of aryl methyl sites for hydroxylation is 3. The molecule has 0 radical (unpaired) electrons. The van der Waals surface area contributed by atoms with Crippen molar-refractivity contribution in [2.75, 3.05) is 18.1 Å². The molecule has 1 N–H and O–H groups in total. The number of amidine groups is 1. The van der Waals surface area contributed by atoms with Crippen LogP contribution < -0.4 is 15.0 Å². The number of benzene rings is 2. The van der Waals surface area contributed by atoms with Gasteiger partial charge in [-0.15, -0.1) is 5.10 Å². The molecule has 178 valence electrons. The minimum absolute atomic E-state index is 0.228. The average Bonchev–Trinajstić information content (AvgIpc) is 3.24. The first kappa shape index (κ1) is 23.8. The van der Waals surface area contributed by atoms with Crippen molar-refractivity contribution in [1.82, 2.24) is 10.3 Å². The van der Waals surface area contributed by atoms with E-state index in [0.29, 0.717) is 25.1 Å². The second-order valence-corrected chi connectivity index (χ2v) is 9.79. The number of carbonyl (C=O) groups excluding carboxylic acids is 3. The van der Waals surface area contributed by atoms with E-state index in [9.17, 15) is 14.4 Å². The molecular formula is C25H28N4O4S. The van der Waals surface area contributed by atoms with E-state index < -0.39 is 4.87 Å². The molecule has 34 heavy (non-hydrogen) atoms. The lowest BCUT2D eigenvalue weighted by atomic mass is 10.0. The van der Waals surface area contributed by atoms with Gasteiger partial charge in [-0.25, -0.2) is 0 Å². The molecule has 0 fully saturated rings. The van der Waals surface area contributed by atoms with Crippen molar-refractivity contribution in [3.05, 3.63) is 58.7 Å². The predicted octanol–water partition coefficient (Wildman–Crippen LogP) is 3.58. The van der Waals surface area contributed by atoms with Crippen molar-refractivity contribution in [3.63, 3.8) is 0 Å². The van der Waals surface area contributed by atoms with Gasteiger partial charge in [0.2, 0.25) is 16.7 Å². The van der Waals surface area contributed by atoms with Crippen molar-refractivity contribution in [2.24, 2.45) is 5.10 Å². The summed E-state index contributed by atoms with van der Waals surface area (Å²) < 4.78 is 5.85. The Hall–Kier alpha value is -3.33. The molecule has 0 unspecified atom stereocenters. The van der Waals surface area contributed by atoms with Crippen LogP contribution in [0.25, 0.3) is 0 Å². The van der Waals surface area contributed by atoms with Gasteiger partial charge in [-0.2, -0.15) is 5.01 Å². The van der Waals surface area contributed by atoms with Crippen molar-refractivity contribution in [2.45, 2.75) is 45.9 Å². The first-order chi connectivity index (χ1) is 16.1. The van der Waals surface area contributed by atoms with E-state index >= 15 is 0 Å². The Bertz CT molecular complexity index is 1190. The summed E-state index contributed by atoms with van der Waals surface area (Å²) in [6.45, 7) is 9.54. The van der Waals surface area contributed by atoms with E-state index in [1.165, 1.54) is 18.9 Å². The third-order valence-electron chi connectivity index (χ3n) is 5.75. The summed E-state index contributed by atoms with van der Waals surface area (Å²) in [5.74, 6) is -0.167. The second-order valence-electron chi connectivity index (χ2n) is 8.61. The third-order valence-corrected chi connectivity index (χ3v) is 6.99. The van der Waals surface area contributed by atoms with Gasteiger partial charge >= 0.3 is 0 Å². The van der Waals surface area contributed by atoms with Gasteiger partial charge in [-0.05, 0) is 56.7 Å². The van der Waals surface area contributed by atoms with E-state index in [2.05, 4.69) is 10.4 Å². The summed E-state index contributed by atoms with van der Waals surface area (Å²) in [7, 11) is 0. The summed E-state index contributed by atoms with van der Waals surface area (Å²) in [5.41, 5.74) is 4.57. The van der Waals surface area contributed by atoms with Crippen LogP contribution >= 0.6 is 11.8 Å². The Kier molecular flexibility index (Phi) is 6.40. The number of ether oxygens (including phenoxy) is 1. The summed E-state index contributed by atoms with van der Waals surface area (Å²) in [6, 6.07) is 11.8. The number of nitrogens with one attached hydrogen (secondary N) is 1. The summed E-state index contributed by atoms with van der Waals surface area (Å²) >= 11 is 1.10. The third kappa shape index (κ3) is 4.16. The Morgan fingerprint density at radius 2 is 1.79 bits per heavy atom. The number of nitrogens with zero attached hydrogens (tertiary/aromatic N) is 3. The molecule has 9 heteroatoms. The molecule has 8 nitrogen and oxygen atoms in total. The first-order valence-corrected chi connectivity index (χ1v) is 11.9. The van der Waals surface area contributed by atoms with Crippen LogP contribution in [0.1, 0.15) is 42.5 Å². The highest BCUT2D eigenvalue weighted by molar-refractivity contribution is 8.15. The first-order valence-electron chi connectivity index (χ1n) is 11.1. The van der Waals surface area contributed by atoms with Crippen LogP contribution in [-0.4, -0.2) is 41.0 Å². The van der Waals surface area contributed by atoms with Gasteiger partial charge in [0, 0.05) is 26.0 Å². The van der Waals surface area contributed by atoms with Gasteiger partial charge in [0.05, 0.1) is 12.3 Å². The van der Waals surface area contributed by atoms with Gasteiger partial charge in [0.1, 0.15) is 5.75 Å². The van der Waals surface area contributed by atoms with Crippen molar-refractivity contribution < 1.29 is 19.1 Å². The molecule has 1 spiro atoms. The van der Waals surface area contributed by atoms with E-state index in [0.717, 1.165) is 39.9 Å². The van der Waals surface area contributed by atoms with Crippen LogP contribution in [0.4, 0.5) is 5.69 Å². The predicted molar refractivity (Wildman–Crippen MR) is 133 cm³/mol. The van der Waals surface area contributed by atoms with E-state index in [1.807, 2.05) is 57.2 Å². The molecule has 2 aromatic rings. The number of rotatable bonds is 5. The normalized spacial score (nSPS) is 18.9. The average molecular weight is 481 g/mol. The molecule has 0 bridgehead atoms. The SMILES string of the molecule is CC(=O)NC1=NN(C(C)=O)[C@]2(S1)C(=O)N(CCCOc1ccc(C)cc1)c1c(C)cc(C)cc12. The standard InChI is InChI=1S/C25H28N4O4S/c1-15-7-9-20(10-8-15)33-12-6-11-28-22-17(3)13-16(2)14-21(22)25(23(28)32)29(19(5)31)27-24(34-25)26-18(4)30/h7-10,13-14H,6,11-12H2,1-5H3,(H,26,27,30)/t25-/m1/s1. The largest absolute Gasteiger partial charge is 0.494 e. The second kappa shape index (κ2) is 9.13. The Morgan fingerprint density at radius 1 is 1.09 bits per heavy atom. The fraction of sp³-hybridized carbons (Fsp3) is 0.360. The Morgan fingerprint density at radius 3 is 2.44 bits per heavy atom. The highest BCUT2D eigenvalue weighted by atomic mass is 32.2. The van der Waals surface area contributed by atoms with Crippen LogP contribution in [0.5, 0.6) is 5.75 Å². The number of amides is 3. The molecule has 4 rings (SSSR count). The molecular weight excluding hydrogens is 452 g/mol. The number of thioether (sulfide) groups is 1. The maximum Gasteiger partial charge on any atom is 0.270 e. The number of fused-ring (bicyclic) bond motifs is 2. The molecule has 2 aromatic carbocycles. The lowest BCUT2D eigenvalue weighted by molar-refractivity contribution is -0.139.